The normalized spacial score (nSPS) is 12.3. The fourth-order valence-electron chi connectivity index (χ4n) is 1.93. The van der Waals surface area contributed by atoms with Crippen molar-refractivity contribution in [1.29, 1.82) is 0 Å². The summed E-state index contributed by atoms with van der Waals surface area (Å²) in [5, 5.41) is 0. The third kappa shape index (κ3) is 4.33. The molecule has 2 aromatic carbocycles. The average molecular weight is 372 g/mol. The Morgan fingerprint density at radius 3 is 1.39 bits per heavy atom. The van der Waals surface area contributed by atoms with Crippen molar-refractivity contribution < 1.29 is 16.8 Å². The molecule has 0 saturated heterocycles. The summed E-state index contributed by atoms with van der Waals surface area (Å²) in [4.78, 5) is 0.199. The van der Waals surface area contributed by atoms with Crippen LogP contribution in [0.2, 0.25) is 0 Å². The van der Waals surface area contributed by atoms with Gasteiger partial charge in [-0.1, -0.05) is 36.4 Å². The summed E-state index contributed by atoms with van der Waals surface area (Å²) in [6.07, 6.45) is 0. The van der Waals surface area contributed by atoms with Crippen LogP contribution in [0.4, 0.5) is 0 Å². The van der Waals surface area contributed by atoms with Crippen LogP contribution in [0.1, 0.15) is 11.1 Å². The summed E-state index contributed by atoms with van der Waals surface area (Å²) >= 11 is 0.398. The summed E-state index contributed by atoms with van der Waals surface area (Å²) < 4.78 is 53.0. The Labute approximate surface area is 140 Å². The number of sulfonamides is 2. The number of hydrogen-bond acceptors (Lipinski definition) is 5. The van der Waals surface area contributed by atoms with Gasteiger partial charge in [-0.15, -0.1) is 8.25 Å². The lowest BCUT2D eigenvalue weighted by atomic mass is 10.2. The first-order valence-electron chi connectivity index (χ1n) is 6.55. The molecular formula is C14H16N2O4S3. The Bertz CT molecular complexity index is 834. The smallest absolute Gasteiger partial charge is 0.206 e. The van der Waals surface area contributed by atoms with E-state index in [1.165, 1.54) is 12.1 Å². The molecule has 0 unspecified atom stereocenters. The molecule has 0 fully saturated rings. The Hall–Kier alpha value is -1.39. The van der Waals surface area contributed by atoms with Gasteiger partial charge in [-0.2, -0.15) is 0 Å². The van der Waals surface area contributed by atoms with Gasteiger partial charge in [0.05, 0.1) is 9.79 Å². The molecule has 2 rings (SSSR count). The molecule has 2 aromatic rings. The third-order valence-corrected chi connectivity index (χ3v) is 7.57. The molecule has 6 nitrogen and oxygen atoms in total. The number of rotatable bonds is 6. The van der Waals surface area contributed by atoms with E-state index in [4.69, 9.17) is 0 Å². The molecule has 0 aliphatic rings. The Balaban J connectivity index is 2.11. The molecule has 0 bridgehead atoms. The largest absolute Gasteiger partial charge is 0.251 e. The highest BCUT2D eigenvalue weighted by Gasteiger charge is 2.20. The number of nitrogens with one attached hydrogen (secondary N) is 2. The van der Waals surface area contributed by atoms with Gasteiger partial charge in [0.25, 0.3) is 20.0 Å². The molecule has 0 heterocycles. The van der Waals surface area contributed by atoms with Crippen LogP contribution < -0.4 is 8.25 Å². The summed E-state index contributed by atoms with van der Waals surface area (Å²) in [6, 6.07) is 12.9. The number of hydrogen-bond donors (Lipinski definition) is 2. The first kappa shape index (κ1) is 18.0. The first-order valence-corrected chi connectivity index (χ1v) is 10.3. The van der Waals surface area contributed by atoms with Gasteiger partial charge in [-0.05, 0) is 37.1 Å². The van der Waals surface area contributed by atoms with Crippen LogP contribution in [0, 0.1) is 13.8 Å². The quantitative estimate of drug-likeness (QED) is 0.758. The first-order chi connectivity index (χ1) is 10.7. The lowest BCUT2D eigenvalue weighted by molar-refractivity contribution is 0.593. The molecule has 124 valence electrons. The van der Waals surface area contributed by atoms with E-state index in [1.807, 2.05) is 0 Å². The highest BCUT2D eigenvalue weighted by atomic mass is 32.3. The van der Waals surface area contributed by atoms with Crippen LogP contribution >= 0.6 is 12.1 Å². The van der Waals surface area contributed by atoms with Crippen molar-refractivity contribution in [2.75, 3.05) is 0 Å². The molecule has 0 atom stereocenters. The van der Waals surface area contributed by atoms with E-state index in [1.54, 1.807) is 50.2 Å². The van der Waals surface area contributed by atoms with E-state index >= 15 is 0 Å². The van der Waals surface area contributed by atoms with Crippen LogP contribution in [0.5, 0.6) is 0 Å². The minimum absolute atomic E-state index is 0.0996. The zero-order valence-corrected chi connectivity index (χ0v) is 14.9. The molecule has 9 heteroatoms. The van der Waals surface area contributed by atoms with E-state index in [2.05, 4.69) is 8.25 Å². The van der Waals surface area contributed by atoms with Gasteiger partial charge in [0.15, 0.2) is 0 Å². The maximum Gasteiger partial charge on any atom is 0.251 e. The molecule has 0 spiro atoms. The fraction of sp³-hybridized carbons (Fsp3) is 0.143. The van der Waals surface area contributed by atoms with E-state index in [9.17, 15) is 16.8 Å². The van der Waals surface area contributed by atoms with Crippen molar-refractivity contribution in [3.05, 3.63) is 59.7 Å². The second-order valence-electron chi connectivity index (χ2n) is 4.81. The van der Waals surface area contributed by atoms with Crippen molar-refractivity contribution in [3.63, 3.8) is 0 Å². The summed E-state index contributed by atoms with van der Waals surface area (Å²) in [5.41, 5.74) is 1.14. The molecule has 23 heavy (non-hydrogen) atoms. The highest BCUT2D eigenvalue weighted by Crippen LogP contribution is 2.18. The van der Waals surface area contributed by atoms with Crippen LogP contribution in [0.25, 0.3) is 0 Å². The Morgan fingerprint density at radius 1 is 0.696 bits per heavy atom. The zero-order chi connectivity index (χ0) is 17.1. The topological polar surface area (TPSA) is 92.3 Å². The summed E-state index contributed by atoms with van der Waals surface area (Å²) in [6.45, 7) is 3.33. The molecule has 0 aliphatic carbocycles. The van der Waals surface area contributed by atoms with Crippen molar-refractivity contribution >= 4 is 32.2 Å². The van der Waals surface area contributed by atoms with E-state index in [-0.39, 0.29) is 9.79 Å². The van der Waals surface area contributed by atoms with Crippen molar-refractivity contribution in [2.45, 2.75) is 23.6 Å². The van der Waals surface area contributed by atoms with E-state index in [0.29, 0.717) is 23.3 Å². The van der Waals surface area contributed by atoms with Crippen molar-refractivity contribution in [3.8, 4) is 0 Å². The maximum absolute atomic E-state index is 12.2. The molecule has 0 aromatic heterocycles. The van der Waals surface area contributed by atoms with Crippen LogP contribution in [-0.2, 0) is 20.0 Å². The lowest BCUT2D eigenvalue weighted by Crippen LogP contribution is -2.26. The summed E-state index contributed by atoms with van der Waals surface area (Å²) in [5.74, 6) is 0. The van der Waals surface area contributed by atoms with E-state index < -0.39 is 20.0 Å². The number of benzene rings is 2. The van der Waals surface area contributed by atoms with E-state index in [0.717, 1.165) is 0 Å². The minimum Gasteiger partial charge on any atom is -0.206 e. The van der Waals surface area contributed by atoms with Crippen LogP contribution in [-0.4, -0.2) is 16.8 Å². The predicted octanol–water partition coefficient (Wildman–Crippen LogP) is 2.12. The lowest BCUT2D eigenvalue weighted by Gasteiger charge is -2.10. The third-order valence-electron chi connectivity index (χ3n) is 3.07. The molecule has 2 N–H and O–H groups in total. The fourth-order valence-corrected chi connectivity index (χ4v) is 5.47. The Morgan fingerprint density at radius 2 is 1.04 bits per heavy atom. The monoisotopic (exact) mass is 372 g/mol. The SMILES string of the molecule is Cc1ccccc1S(=O)(=O)NSNS(=O)(=O)c1ccccc1C. The standard InChI is InChI=1S/C14H16N2O4S3/c1-11-7-3-5-9-13(11)22(17,18)15-21-16-23(19,20)14-10-6-4-8-12(14)2/h3-10,15-16H,1-2H3. The summed E-state index contributed by atoms with van der Waals surface area (Å²) in [7, 11) is -7.64. The van der Waals surface area contributed by atoms with Crippen LogP contribution in [0.15, 0.2) is 58.3 Å². The Kier molecular flexibility index (Phi) is 5.48. The number of aryl methyl sites for hydroxylation is 2. The van der Waals surface area contributed by atoms with Gasteiger partial charge in [0.2, 0.25) is 0 Å². The van der Waals surface area contributed by atoms with Gasteiger partial charge >= 0.3 is 0 Å². The molecular weight excluding hydrogens is 356 g/mol. The van der Waals surface area contributed by atoms with Gasteiger partial charge < -0.3 is 0 Å². The minimum atomic E-state index is -3.82. The van der Waals surface area contributed by atoms with Crippen molar-refractivity contribution in [2.24, 2.45) is 0 Å². The van der Waals surface area contributed by atoms with Crippen molar-refractivity contribution in [1.82, 2.24) is 8.25 Å². The highest BCUT2D eigenvalue weighted by molar-refractivity contribution is 8.14. The molecule has 0 saturated carbocycles. The maximum atomic E-state index is 12.2. The zero-order valence-electron chi connectivity index (χ0n) is 12.5. The second-order valence-corrected chi connectivity index (χ2v) is 9.24. The van der Waals surface area contributed by atoms with Gasteiger partial charge in [-0.3, -0.25) is 0 Å². The van der Waals surface area contributed by atoms with Gasteiger partial charge in [-0.25, -0.2) is 16.8 Å². The van der Waals surface area contributed by atoms with Gasteiger partial charge in [0.1, 0.15) is 0 Å². The van der Waals surface area contributed by atoms with Crippen LogP contribution in [0.3, 0.4) is 0 Å². The molecule has 0 radical (unpaired) electrons. The second kappa shape index (κ2) is 7.02. The molecule has 0 aliphatic heterocycles. The van der Waals surface area contributed by atoms with Gasteiger partial charge in [0, 0.05) is 12.1 Å². The molecule has 0 amide bonds. The average Bonchev–Trinajstić information content (AvgIpc) is 2.47. The predicted molar refractivity (Wildman–Crippen MR) is 90.6 cm³/mol.